The van der Waals surface area contributed by atoms with Crippen LogP contribution in [0.3, 0.4) is 0 Å². The van der Waals surface area contributed by atoms with Crippen LogP contribution in [0.1, 0.15) is 24.1 Å². The molecular formula is C21H28N4O2. The Labute approximate surface area is 160 Å². The number of amides is 1. The maximum Gasteiger partial charge on any atom is 0.254 e. The third-order valence-electron chi connectivity index (χ3n) is 6.07. The van der Waals surface area contributed by atoms with Crippen molar-refractivity contribution in [1.29, 1.82) is 0 Å². The molecule has 4 rings (SSSR count). The predicted molar refractivity (Wildman–Crippen MR) is 104 cm³/mol. The van der Waals surface area contributed by atoms with Gasteiger partial charge in [0.15, 0.2) is 0 Å². The van der Waals surface area contributed by atoms with E-state index in [1.54, 1.807) is 0 Å². The first kappa shape index (κ1) is 18.2. The quantitative estimate of drug-likeness (QED) is 0.872. The highest BCUT2D eigenvalue weighted by Crippen LogP contribution is 2.30. The average Bonchev–Trinajstić information content (AvgIpc) is 2.86. The Kier molecular flexibility index (Phi) is 4.78. The van der Waals surface area contributed by atoms with Crippen molar-refractivity contribution >= 4 is 5.91 Å². The summed E-state index contributed by atoms with van der Waals surface area (Å²) in [6.07, 6.45) is 2.58. The topological polar surface area (TPSA) is 61.6 Å². The molecule has 1 N–H and O–H groups in total. The number of aromatic nitrogens is 2. The fourth-order valence-corrected chi connectivity index (χ4v) is 4.31. The van der Waals surface area contributed by atoms with Gasteiger partial charge in [0.25, 0.3) is 5.91 Å². The minimum absolute atomic E-state index is 0.0994. The van der Waals surface area contributed by atoms with Gasteiger partial charge in [-0.1, -0.05) is 30.3 Å². The highest BCUT2D eigenvalue weighted by molar-refractivity contribution is 5.85. The first-order valence-corrected chi connectivity index (χ1v) is 9.78. The Morgan fingerprint density at radius 3 is 2.41 bits per heavy atom. The van der Waals surface area contributed by atoms with Crippen molar-refractivity contribution in [2.45, 2.75) is 31.3 Å². The van der Waals surface area contributed by atoms with Gasteiger partial charge < -0.3 is 14.9 Å². The van der Waals surface area contributed by atoms with Crippen LogP contribution in [-0.2, 0) is 24.7 Å². The molecule has 2 aromatic rings. The van der Waals surface area contributed by atoms with E-state index in [1.165, 1.54) is 11.3 Å². The Bertz CT molecular complexity index is 822. The average molecular weight is 368 g/mol. The molecule has 0 spiro atoms. The van der Waals surface area contributed by atoms with Gasteiger partial charge in [-0.25, -0.2) is 0 Å². The van der Waals surface area contributed by atoms with Crippen molar-refractivity contribution < 1.29 is 9.90 Å². The van der Waals surface area contributed by atoms with Crippen LogP contribution in [0.4, 0.5) is 0 Å². The van der Waals surface area contributed by atoms with Gasteiger partial charge in [-0.2, -0.15) is 5.10 Å². The molecule has 2 aliphatic rings. The van der Waals surface area contributed by atoms with Crippen molar-refractivity contribution in [2.24, 2.45) is 7.05 Å². The highest BCUT2D eigenvalue weighted by Gasteiger charge is 2.41. The Balaban J connectivity index is 1.55. The zero-order valence-corrected chi connectivity index (χ0v) is 16.2. The van der Waals surface area contributed by atoms with Crippen LogP contribution in [0.5, 0.6) is 0 Å². The van der Waals surface area contributed by atoms with Gasteiger partial charge in [0.2, 0.25) is 0 Å². The molecule has 6 nitrogen and oxygen atoms in total. The first-order valence-electron chi connectivity index (χ1n) is 9.78. The number of carbonyl (C=O) groups is 1. The van der Waals surface area contributed by atoms with E-state index >= 15 is 0 Å². The van der Waals surface area contributed by atoms with Crippen LogP contribution in [0, 0.1) is 0 Å². The zero-order valence-electron chi connectivity index (χ0n) is 16.2. The van der Waals surface area contributed by atoms with Crippen molar-refractivity contribution in [1.82, 2.24) is 19.6 Å². The van der Waals surface area contributed by atoms with Crippen LogP contribution < -0.4 is 0 Å². The highest BCUT2D eigenvalue weighted by atomic mass is 16.3. The van der Waals surface area contributed by atoms with Crippen molar-refractivity contribution in [2.75, 3.05) is 33.2 Å². The lowest BCUT2D eigenvalue weighted by Crippen LogP contribution is -2.54. The molecule has 3 heterocycles. The second-order valence-corrected chi connectivity index (χ2v) is 7.89. The smallest absolute Gasteiger partial charge is 0.254 e. The summed E-state index contributed by atoms with van der Waals surface area (Å²) in [5.74, 6) is -0.0994. The monoisotopic (exact) mass is 368 g/mol. The standard InChI is InChI=1S/C21H28N4O2/c1-23-14-10-21(27,11-15-23)20(26)25-12-8-17-18(9-13-25)24(2)22-19(17)16-6-4-3-5-7-16/h3-7,27H,8-15H2,1-2H3. The molecular weight excluding hydrogens is 340 g/mol. The molecule has 27 heavy (non-hydrogen) atoms. The van der Waals surface area contributed by atoms with Crippen molar-refractivity contribution in [3.8, 4) is 11.3 Å². The number of aliphatic hydroxyl groups is 1. The minimum atomic E-state index is -1.20. The van der Waals surface area contributed by atoms with E-state index < -0.39 is 5.60 Å². The summed E-state index contributed by atoms with van der Waals surface area (Å²) in [4.78, 5) is 17.1. The summed E-state index contributed by atoms with van der Waals surface area (Å²) < 4.78 is 1.95. The van der Waals surface area contributed by atoms with Crippen LogP contribution in [0.2, 0.25) is 0 Å². The molecule has 144 valence electrons. The van der Waals surface area contributed by atoms with Crippen molar-refractivity contribution in [3.05, 3.63) is 41.6 Å². The lowest BCUT2D eigenvalue weighted by molar-refractivity contribution is -0.155. The normalized spacial score (nSPS) is 20.2. The van der Waals surface area contributed by atoms with Gasteiger partial charge in [0.1, 0.15) is 5.60 Å². The summed E-state index contributed by atoms with van der Waals surface area (Å²) in [6, 6.07) is 10.2. The fourth-order valence-electron chi connectivity index (χ4n) is 4.31. The predicted octanol–water partition coefficient (Wildman–Crippen LogP) is 1.47. The number of hydrogen-bond acceptors (Lipinski definition) is 4. The van der Waals surface area contributed by atoms with Gasteiger partial charge in [-0.05, 0) is 26.3 Å². The number of likely N-dealkylation sites (tertiary alicyclic amines) is 1. The van der Waals surface area contributed by atoms with Gasteiger partial charge in [-0.15, -0.1) is 0 Å². The number of benzene rings is 1. The molecule has 0 aliphatic carbocycles. The van der Waals surface area contributed by atoms with Crippen LogP contribution in [0.15, 0.2) is 30.3 Å². The second-order valence-electron chi connectivity index (χ2n) is 7.89. The van der Waals surface area contributed by atoms with E-state index in [0.717, 1.165) is 37.2 Å². The number of carbonyl (C=O) groups excluding carboxylic acids is 1. The molecule has 6 heteroatoms. The number of piperidine rings is 1. The lowest BCUT2D eigenvalue weighted by atomic mass is 9.90. The van der Waals surface area contributed by atoms with Gasteiger partial charge in [0.05, 0.1) is 5.69 Å². The number of rotatable bonds is 2. The molecule has 0 radical (unpaired) electrons. The van der Waals surface area contributed by atoms with Crippen LogP contribution in [-0.4, -0.2) is 69.4 Å². The maximum absolute atomic E-state index is 13.1. The number of fused-ring (bicyclic) bond motifs is 1. The first-order chi connectivity index (χ1) is 13.0. The van der Waals surface area contributed by atoms with Gasteiger partial charge >= 0.3 is 0 Å². The molecule has 0 unspecified atom stereocenters. The molecule has 0 saturated carbocycles. The summed E-state index contributed by atoms with van der Waals surface area (Å²) in [7, 11) is 4.01. The second kappa shape index (κ2) is 7.09. The summed E-state index contributed by atoms with van der Waals surface area (Å²) in [6.45, 7) is 2.80. The minimum Gasteiger partial charge on any atom is -0.380 e. The summed E-state index contributed by atoms with van der Waals surface area (Å²) in [5.41, 5.74) is 3.35. The third-order valence-corrected chi connectivity index (χ3v) is 6.07. The van der Waals surface area contributed by atoms with E-state index in [-0.39, 0.29) is 5.91 Å². The van der Waals surface area contributed by atoms with Crippen LogP contribution >= 0.6 is 0 Å². The van der Waals surface area contributed by atoms with Crippen LogP contribution in [0.25, 0.3) is 11.3 Å². The molecule has 1 aromatic heterocycles. The summed E-state index contributed by atoms with van der Waals surface area (Å²) >= 11 is 0. The van der Waals surface area contributed by atoms with E-state index in [9.17, 15) is 9.90 Å². The number of nitrogens with zero attached hydrogens (tertiary/aromatic N) is 4. The van der Waals surface area contributed by atoms with E-state index in [2.05, 4.69) is 17.0 Å². The Morgan fingerprint density at radius 2 is 1.70 bits per heavy atom. The number of aryl methyl sites for hydroxylation is 1. The van der Waals surface area contributed by atoms with E-state index in [4.69, 9.17) is 5.10 Å². The lowest BCUT2D eigenvalue weighted by Gasteiger charge is -2.38. The Hall–Kier alpha value is -2.18. The van der Waals surface area contributed by atoms with Gasteiger partial charge in [-0.3, -0.25) is 9.48 Å². The summed E-state index contributed by atoms with van der Waals surface area (Å²) in [5, 5.41) is 15.7. The zero-order chi connectivity index (χ0) is 19.0. The molecule has 1 amide bonds. The maximum atomic E-state index is 13.1. The molecule has 2 aliphatic heterocycles. The molecule has 1 fully saturated rings. The molecule has 1 saturated heterocycles. The fraction of sp³-hybridized carbons (Fsp3) is 0.524. The van der Waals surface area contributed by atoms with Crippen molar-refractivity contribution in [3.63, 3.8) is 0 Å². The molecule has 0 atom stereocenters. The largest absolute Gasteiger partial charge is 0.380 e. The van der Waals surface area contributed by atoms with E-state index in [0.29, 0.717) is 25.9 Å². The molecule has 0 bridgehead atoms. The Morgan fingerprint density at radius 1 is 1.04 bits per heavy atom. The molecule has 1 aromatic carbocycles. The SMILES string of the molecule is CN1CCC(O)(C(=O)N2CCc3c(-c4ccccc4)nn(C)c3CC2)CC1. The number of hydrogen-bond donors (Lipinski definition) is 1. The van der Waals surface area contributed by atoms with E-state index in [1.807, 2.05) is 41.9 Å². The van der Waals surface area contributed by atoms with Gasteiger partial charge in [0, 0.05) is 56.5 Å². The third kappa shape index (κ3) is 3.39.